The Morgan fingerprint density at radius 3 is 2.66 bits per heavy atom. The number of aromatic amines is 1. The molecule has 2 heterocycles. The highest BCUT2D eigenvalue weighted by Crippen LogP contribution is 2.22. The van der Waals surface area contributed by atoms with E-state index < -0.39 is 5.97 Å². The molecule has 146 valence electrons. The highest BCUT2D eigenvalue weighted by Gasteiger charge is 2.15. The second-order valence-electron chi connectivity index (χ2n) is 6.53. The molecule has 7 nitrogen and oxygen atoms in total. The van der Waals surface area contributed by atoms with Crippen molar-refractivity contribution < 1.29 is 14.3 Å². The molecule has 7 heteroatoms. The second-order valence-corrected chi connectivity index (χ2v) is 6.53. The van der Waals surface area contributed by atoms with Gasteiger partial charge in [0.05, 0.1) is 12.8 Å². The van der Waals surface area contributed by atoms with E-state index in [4.69, 9.17) is 9.47 Å². The molecule has 4 rings (SSSR count). The molecule has 0 atom stereocenters. The summed E-state index contributed by atoms with van der Waals surface area (Å²) in [5.74, 6) is 0.159. The average Bonchev–Trinajstić information content (AvgIpc) is 3.18. The Morgan fingerprint density at radius 1 is 1.10 bits per heavy atom. The molecule has 0 aliphatic rings. The first-order chi connectivity index (χ1) is 14.1. The zero-order valence-corrected chi connectivity index (χ0v) is 16.0. The van der Waals surface area contributed by atoms with Gasteiger partial charge < -0.3 is 9.47 Å². The summed E-state index contributed by atoms with van der Waals surface area (Å²) < 4.78 is 11.9. The summed E-state index contributed by atoms with van der Waals surface area (Å²) in [5.41, 5.74) is 3.31. The van der Waals surface area contributed by atoms with Crippen LogP contribution in [0.25, 0.3) is 16.9 Å². The minimum Gasteiger partial charge on any atom is -0.496 e. The van der Waals surface area contributed by atoms with Crippen LogP contribution in [-0.4, -0.2) is 27.7 Å². The van der Waals surface area contributed by atoms with E-state index in [0.29, 0.717) is 11.3 Å². The van der Waals surface area contributed by atoms with Gasteiger partial charge in [-0.1, -0.05) is 42.5 Å². The average molecular weight is 389 g/mol. The van der Waals surface area contributed by atoms with Crippen LogP contribution in [0, 0.1) is 6.92 Å². The van der Waals surface area contributed by atoms with Crippen molar-refractivity contribution in [3.63, 3.8) is 0 Å². The molecule has 0 bridgehead atoms. The number of fused-ring (bicyclic) bond motifs is 1. The van der Waals surface area contributed by atoms with Gasteiger partial charge in [0, 0.05) is 17.7 Å². The number of rotatable bonds is 5. The van der Waals surface area contributed by atoms with Crippen LogP contribution >= 0.6 is 0 Å². The van der Waals surface area contributed by atoms with Crippen LogP contribution in [-0.2, 0) is 11.3 Å². The summed E-state index contributed by atoms with van der Waals surface area (Å²) in [5, 5.41) is 2.76. The lowest BCUT2D eigenvalue weighted by atomic mass is 10.1. The first-order valence-corrected chi connectivity index (χ1v) is 9.04. The fraction of sp³-hybridized carbons (Fsp3) is 0.136. The highest BCUT2D eigenvalue weighted by atomic mass is 16.5. The number of aromatic nitrogens is 3. The summed E-state index contributed by atoms with van der Waals surface area (Å²) >= 11 is 0. The number of hydrogen-bond acceptors (Lipinski definition) is 5. The Balaban J connectivity index is 1.59. The van der Waals surface area contributed by atoms with Crippen molar-refractivity contribution in [2.75, 3.05) is 7.11 Å². The lowest BCUT2D eigenvalue weighted by Crippen LogP contribution is -2.15. The Labute approximate surface area is 166 Å². The van der Waals surface area contributed by atoms with Crippen molar-refractivity contribution in [3.8, 4) is 17.0 Å². The molecule has 0 saturated carbocycles. The van der Waals surface area contributed by atoms with Crippen molar-refractivity contribution in [3.05, 3.63) is 87.8 Å². The zero-order valence-electron chi connectivity index (χ0n) is 16.0. The van der Waals surface area contributed by atoms with Gasteiger partial charge in [-0.25, -0.2) is 14.3 Å². The van der Waals surface area contributed by atoms with Gasteiger partial charge in [0.15, 0.2) is 5.65 Å². The van der Waals surface area contributed by atoms with Crippen LogP contribution in [0.1, 0.15) is 21.6 Å². The van der Waals surface area contributed by atoms with Crippen LogP contribution in [0.4, 0.5) is 0 Å². The van der Waals surface area contributed by atoms with Crippen molar-refractivity contribution in [2.24, 2.45) is 0 Å². The first kappa shape index (κ1) is 18.5. The largest absolute Gasteiger partial charge is 0.496 e. The molecule has 0 radical (unpaired) electrons. The summed E-state index contributed by atoms with van der Waals surface area (Å²) in [7, 11) is 1.59. The number of H-pyrrole nitrogens is 1. The van der Waals surface area contributed by atoms with E-state index in [1.165, 1.54) is 16.6 Å². The molecule has 0 aliphatic carbocycles. The number of nitrogens with zero attached hydrogens (tertiary/aromatic N) is 2. The predicted molar refractivity (Wildman–Crippen MR) is 108 cm³/mol. The highest BCUT2D eigenvalue weighted by molar-refractivity contribution is 5.88. The quantitative estimate of drug-likeness (QED) is 0.529. The van der Waals surface area contributed by atoms with Gasteiger partial charge in [-0.2, -0.15) is 0 Å². The van der Waals surface area contributed by atoms with Gasteiger partial charge in [-0.15, -0.1) is 0 Å². The summed E-state index contributed by atoms with van der Waals surface area (Å²) in [4.78, 5) is 29.4. The number of ether oxygens (including phenoxy) is 2. The molecule has 2 aromatic heterocycles. The van der Waals surface area contributed by atoms with Gasteiger partial charge in [0.25, 0.3) is 5.56 Å². The van der Waals surface area contributed by atoms with Gasteiger partial charge >= 0.3 is 5.97 Å². The Hall–Kier alpha value is -3.87. The van der Waals surface area contributed by atoms with Crippen LogP contribution in [0.2, 0.25) is 0 Å². The monoisotopic (exact) mass is 389 g/mol. The second kappa shape index (κ2) is 7.63. The fourth-order valence-electron chi connectivity index (χ4n) is 3.11. The molecule has 0 amide bonds. The van der Waals surface area contributed by atoms with E-state index in [2.05, 4.69) is 10.1 Å². The molecular weight excluding hydrogens is 370 g/mol. The van der Waals surface area contributed by atoms with Crippen LogP contribution in [0.3, 0.4) is 0 Å². The first-order valence-electron chi connectivity index (χ1n) is 9.04. The third-order valence-electron chi connectivity index (χ3n) is 4.71. The molecule has 0 fully saturated rings. The Bertz CT molecular complexity index is 1240. The minimum absolute atomic E-state index is 0.0921. The lowest BCUT2D eigenvalue weighted by molar-refractivity contribution is 0.0464. The van der Waals surface area contributed by atoms with E-state index in [1.54, 1.807) is 7.11 Å². The normalized spacial score (nSPS) is 10.8. The zero-order chi connectivity index (χ0) is 20.4. The van der Waals surface area contributed by atoms with E-state index >= 15 is 0 Å². The Morgan fingerprint density at radius 2 is 1.90 bits per heavy atom. The smallest absolute Gasteiger partial charge is 0.356 e. The van der Waals surface area contributed by atoms with E-state index in [9.17, 15) is 9.59 Å². The lowest BCUT2D eigenvalue weighted by Gasteiger charge is -2.10. The maximum absolute atomic E-state index is 12.5. The van der Waals surface area contributed by atoms with Crippen LogP contribution in [0.15, 0.2) is 65.5 Å². The maximum Gasteiger partial charge on any atom is 0.356 e. The molecule has 0 spiro atoms. The van der Waals surface area contributed by atoms with Crippen molar-refractivity contribution in [1.82, 2.24) is 14.6 Å². The van der Waals surface area contributed by atoms with E-state index in [1.807, 2.05) is 55.5 Å². The van der Waals surface area contributed by atoms with Crippen LogP contribution < -0.4 is 10.3 Å². The molecule has 4 aromatic rings. The SMILES string of the molecule is COc1cccc(COC(=O)c2cc3nc(-c4ccccc4)cc(=O)n3[nH]2)c1C. The number of esters is 1. The minimum atomic E-state index is -0.571. The maximum atomic E-state index is 12.5. The van der Waals surface area contributed by atoms with Gasteiger partial charge in [0.2, 0.25) is 0 Å². The van der Waals surface area contributed by atoms with Gasteiger partial charge in [-0.05, 0) is 24.1 Å². The van der Waals surface area contributed by atoms with Crippen molar-refractivity contribution >= 4 is 11.6 Å². The van der Waals surface area contributed by atoms with E-state index in [-0.39, 0.29) is 17.9 Å². The van der Waals surface area contributed by atoms with Crippen molar-refractivity contribution in [1.29, 1.82) is 0 Å². The van der Waals surface area contributed by atoms with Gasteiger partial charge in [0.1, 0.15) is 18.1 Å². The Kier molecular flexibility index (Phi) is 4.87. The molecule has 1 N–H and O–H groups in total. The fourth-order valence-corrected chi connectivity index (χ4v) is 3.11. The third kappa shape index (κ3) is 3.62. The molecular formula is C22H19N3O4. The number of carbonyl (C=O) groups is 1. The predicted octanol–water partition coefficient (Wildman–Crippen LogP) is 3.36. The number of hydrogen-bond donors (Lipinski definition) is 1. The van der Waals surface area contributed by atoms with E-state index in [0.717, 1.165) is 22.4 Å². The molecule has 0 aliphatic heterocycles. The topological polar surface area (TPSA) is 85.7 Å². The molecule has 2 aromatic carbocycles. The number of methoxy groups -OCH3 is 1. The molecule has 0 saturated heterocycles. The summed E-state index contributed by atoms with van der Waals surface area (Å²) in [6.07, 6.45) is 0. The van der Waals surface area contributed by atoms with Crippen molar-refractivity contribution in [2.45, 2.75) is 13.5 Å². The van der Waals surface area contributed by atoms with Crippen LogP contribution in [0.5, 0.6) is 5.75 Å². The summed E-state index contributed by atoms with van der Waals surface area (Å²) in [6, 6.07) is 17.9. The number of benzene rings is 2. The standard InChI is InChI=1S/C22H19N3O4/c1-14-16(9-6-10-19(14)28-2)13-29-22(27)18-11-20-23-17(12-21(26)25(20)24-18)15-7-4-3-5-8-15/h3-12,24H,13H2,1-2H3. The summed E-state index contributed by atoms with van der Waals surface area (Å²) in [6.45, 7) is 1.99. The third-order valence-corrected chi connectivity index (χ3v) is 4.71. The number of carbonyl (C=O) groups excluding carboxylic acids is 1. The number of nitrogens with one attached hydrogen (secondary N) is 1. The molecule has 29 heavy (non-hydrogen) atoms. The van der Waals surface area contributed by atoms with Gasteiger partial charge in [-0.3, -0.25) is 9.89 Å². The molecule has 0 unspecified atom stereocenters.